The molecule has 1 heterocycles. The fraction of sp³-hybridized carbons (Fsp3) is 0.500. The molecule has 1 fully saturated rings. The normalized spacial score (nSPS) is 21.4. The minimum absolute atomic E-state index is 0.118. The number of nitrogens with one attached hydrogen (secondary N) is 1. The van der Waals surface area contributed by atoms with Gasteiger partial charge < -0.3 is 15.0 Å². The Morgan fingerprint density at radius 2 is 2.14 bits per heavy atom. The zero-order valence-corrected chi connectivity index (χ0v) is 13.3. The van der Waals surface area contributed by atoms with E-state index in [1.165, 1.54) is 0 Å². The van der Waals surface area contributed by atoms with E-state index in [1.54, 1.807) is 4.90 Å². The summed E-state index contributed by atoms with van der Waals surface area (Å²) in [6, 6.07) is 8.09. The second-order valence-corrected chi connectivity index (χ2v) is 6.48. The predicted molar refractivity (Wildman–Crippen MR) is 87.7 cm³/mol. The number of aryl methyl sites for hydroxylation is 1. The van der Waals surface area contributed by atoms with Gasteiger partial charge in [0.05, 0.1) is 12.5 Å². The van der Waals surface area contributed by atoms with Crippen LogP contribution >= 0.6 is 0 Å². The monoisotopic (exact) mass is 300 g/mol. The summed E-state index contributed by atoms with van der Waals surface area (Å²) >= 11 is 0. The van der Waals surface area contributed by atoms with Crippen molar-refractivity contribution in [2.45, 2.75) is 38.7 Å². The molecule has 0 bridgehead atoms. The average molecular weight is 300 g/mol. The van der Waals surface area contributed by atoms with Crippen molar-refractivity contribution in [3.05, 3.63) is 35.5 Å². The van der Waals surface area contributed by atoms with Crippen molar-refractivity contribution in [2.75, 3.05) is 13.6 Å². The van der Waals surface area contributed by atoms with Gasteiger partial charge >= 0.3 is 0 Å². The number of H-pyrrole nitrogens is 1. The molecule has 0 aliphatic heterocycles. The predicted octanol–water partition coefficient (Wildman–Crippen LogP) is 2.64. The molecule has 4 nitrogen and oxygen atoms in total. The van der Waals surface area contributed by atoms with E-state index in [2.05, 4.69) is 11.1 Å². The maximum atomic E-state index is 12.5. The van der Waals surface area contributed by atoms with Gasteiger partial charge in [-0.15, -0.1) is 0 Å². The molecule has 1 aromatic carbocycles. The van der Waals surface area contributed by atoms with Gasteiger partial charge in [0.1, 0.15) is 0 Å². The van der Waals surface area contributed by atoms with E-state index in [0.717, 1.165) is 41.4 Å². The molecule has 2 unspecified atom stereocenters. The molecule has 2 aromatic rings. The van der Waals surface area contributed by atoms with E-state index in [1.807, 2.05) is 32.2 Å². The van der Waals surface area contributed by atoms with Crippen LogP contribution in [0.1, 0.15) is 30.5 Å². The minimum Gasteiger partial charge on any atom is -0.393 e. The van der Waals surface area contributed by atoms with E-state index in [0.29, 0.717) is 13.0 Å². The number of hydrogen-bond donors (Lipinski definition) is 2. The zero-order valence-electron chi connectivity index (χ0n) is 13.3. The molecule has 1 aromatic heterocycles. The Hall–Kier alpha value is -1.81. The Bertz CT molecular complexity index is 677. The molecule has 1 amide bonds. The molecule has 1 aliphatic carbocycles. The molecule has 4 heteroatoms. The number of rotatable bonds is 4. The second kappa shape index (κ2) is 6.13. The molecule has 1 saturated carbocycles. The number of carbonyl (C=O) groups excluding carboxylic acids is 1. The number of amides is 1. The molecule has 0 spiro atoms. The van der Waals surface area contributed by atoms with Gasteiger partial charge in [0.15, 0.2) is 0 Å². The second-order valence-electron chi connectivity index (χ2n) is 6.48. The van der Waals surface area contributed by atoms with Crippen LogP contribution in [0.15, 0.2) is 24.3 Å². The highest BCUT2D eigenvalue weighted by Gasteiger charge is 2.27. The number of hydrogen-bond acceptors (Lipinski definition) is 2. The first-order valence-corrected chi connectivity index (χ1v) is 8.04. The topological polar surface area (TPSA) is 56.3 Å². The van der Waals surface area contributed by atoms with Gasteiger partial charge in [-0.3, -0.25) is 4.79 Å². The lowest BCUT2D eigenvalue weighted by atomic mass is 10.0. The van der Waals surface area contributed by atoms with Gasteiger partial charge in [-0.05, 0) is 31.4 Å². The zero-order chi connectivity index (χ0) is 15.7. The fourth-order valence-electron chi connectivity index (χ4n) is 3.53. The third-order valence-corrected chi connectivity index (χ3v) is 4.91. The van der Waals surface area contributed by atoms with E-state index in [-0.39, 0.29) is 17.9 Å². The largest absolute Gasteiger partial charge is 0.393 e. The van der Waals surface area contributed by atoms with Crippen LogP contribution in [-0.2, 0) is 11.2 Å². The lowest BCUT2D eigenvalue weighted by molar-refractivity contribution is -0.130. The molecule has 1 aliphatic rings. The van der Waals surface area contributed by atoms with Gasteiger partial charge in [0.2, 0.25) is 5.91 Å². The van der Waals surface area contributed by atoms with Gasteiger partial charge in [-0.2, -0.15) is 0 Å². The van der Waals surface area contributed by atoms with Crippen LogP contribution in [0.2, 0.25) is 0 Å². The van der Waals surface area contributed by atoms with Crippen molar-refractivity contribution < 1.29 is 9.90 Å². The van der Waals surface area contributed by atoms with Gasteiger partial charge in [0.25, 0.3) is 0 Å². The first-order valence-electron chi connectivity index (χ1n) is 8.04. The third kappa shape index (κ3) is 2.88. The minimum atomic E-state index is -0.245. The van der Waals surface area contributed by atoms with Crippen molar-refractivity contribution in [1.82, 2.24) is 9.88 Å². The van der Waals surface area contributed by atoms with Crippen LogP contribution in [0.5, 0.6) is 0 Å². The number of benzene rings is 1. The van der Waals surface area contributed by atoms with Crippen molar-refractivity contribution in [2.24, 2.45) is 5.92 Å². The Kier molecular flexibility index (Phi) is 4.21. The highest BCUT2D eigenvalue weighted by molar-refractivity contribution is 5.90. The number of fused-ring (bicyclic) bond motifs is 1. The highest BCUT2D eigenvalue weighted by atomic mass is 16.3. The van der Waals surface area contributed by atoms with E-state index < -0.39 is 0 Å². The molecular weight excluding hydrogens is 276 g/mol. The summed E-state index contributed by atoms with van der Waals surface area (Å²) in [6.07, 6.45) is 3.12. The molecule has 118 valence electrons. The Morgan fingerprint density at radius 1 is 1.36 bits per heavy atom. The number of likely N-dealkylation sites (N-methyl/N-ethyl adjacent to an activating group) is 1. The molecule has 0 saturated heterocycles. The summed E-state index contributed by atoms with van der Waals surface area (Å²) < 4.78 is 0. The average Bonchev–Trinajstić information content (AvgIpc) is 3.03. The van der Waals surface area contributed by atoms with Crippen LogP contribution in [0, 0.1) is 12.8 Å². The smallest absolute Gasteiger partial charge is 0.226 e. The summed E-state index contributed by atoms with van der Waals surface area (Å²) in [5.41, 5.74) is 3.22. The van der Waals surface area contributed by atoms with Crippen molar-refractivity contribution in [3.63, 3.8) is 0 Å². The molecule has 2 N–H and O–H groups in total. The fourth-order valence-corrected chi connectivity index (χ4v) is 3.53. The summed E-state index contributed by atoms with van der Waals surface area (Å²) in [5, 5.41) is 11.0. The molecule has 2 atom stereocenters. The summed E-state index contributed by atoms with van der Waals surface area (Å²) in [7, 11) is 1.84. The van der Waals surface area contributed by atoms with E-state index in [9.17, 15) is 9.90 Å². The maximum absolute atomic E-state index is 12.5. The molecule has 22 heavy (non-hydrogen) atoms. The van der Waals surface area contributed by atoms with Crippen LogP contribution < -0.4 is 0 Å². The standard InChI is InChI=1S/C18H24N2O2/c1-12-15(14-7-3-4-8-16(14)19-12)10-18(22)20(2)11-13-6-5-9-17(13)21/h3-4,7-8,13,17,19,21H,5-6,9-11H2,1-2H3. The Labute approximate surface area is 131 Å². The van der Waals surface area contributed by atoms with Crippen LogP contribution in [0.25, 0.3) is 10.9 Å². The molecular formula is C18H24N2O2. The highest BCUT2D eigenvalue weighted by Crippen LogP contribution is 2.27. The summed E-state index contributed by atoms with van der Waals surface area (Å²) in [6.45, 7) is 2.67. The number of aromatic nitrogens is 1. The van der Waals surface area contributed by atoms with Crippen molar-refractivity contribution >= 4 is 16.8 Å². The Morgan fingerprint density at radius 3 is 2.86 bits per heavy atom. The number of aliphatic hydroxyl groups is 1. The lowest BCUT2D eigenvalue weighted by Crippen LogP contribution is -2.35. The maximum Gasteiger partial charge on any atom is 0.226 e. The number of aliphatic hydroxyl groups excluding tert-OH is 1. The number of aromatic amines is 1. The number of nitrogens with zero attached hydrogens (tertiary/aromatic N) is 1. The summed E-state index contributed by atoms with van der Waals surface area (Å²) in [4.78, 5) is 17.7. The summed E-state index contributed by atoms with van der Waals surface area (Å²) in [5.74, 6) is 0.352. The van der Waals surface area contributed by atoms with Gasteiger partial charge in [-0.25, -0.2) is 0 Å². The van der Waals surface area contributed by atoms with E-state index in [4.69, 9.17) is 0 Å². The van der Waals surface area contributed by atoms with Crippen LogP contribution in [-0.4, -0.2) is 40.6 Å². The SMILES string of the molecule is Cc1[nH]c2ccccc2c1CC(=O)N(C)CC1CCCC1O. The number of carbonyl (C=O) groups is 1. The lowest BCUT2D eigenvalue weighted by Gasteiger charge is -2.23. The molecule has 0 radical (unpaired) electrons. The first kappa shape index (κ1) is 15.1. The molecule has 3 rings (SSSR count). The number of para-hydroxylation sites is 1. The quantitative estimate of drug-likeness (QED) is 0.912. The third-order valence-electron chi connectivity index (χ3n) is 4.91. The van der Waals surface area contributed by atoms with Crippen LogP contribution in [0.4, 0.5) is 0 Å². The van der Waals surface area contributed by atoms with Crippen LogP contribution in [0.3, 0.4) is 0 Å². The Balaban J connectivity index is 1.71. The first-order chi connectivity index (χ1) is 10.6. The van der Waals surface area contributed by atoms with Crippen molar-refractivity contribution in [1.29, 1.82) is 0 Å². The van der Waals surface area contributed by atoms with Crippen molar-refractivity contribution in [3.8, 4) is 0 Å². The van der Waals surface area contributed by atoms with E-state index >= 15 is 0 Å². The van der Waals surface area contributed by atoms with Gasteiger partial charge in [-0.1, -0.05) is 24.6 Å². The van der Waals surface area contributed by atoms with Gasteiger partial charge in [0, 0.05) is 36.1 Å².